The maximum Gasteiger partial charge on any atom is 0.164 e. The molecule has 0 spiro atoms. The van der Waals surface area contributed by atoms with Crippen molar-refractivity contribution in [1.82, 2.24) is 19.9 Å². The molecule has 0 N–H and O–H groups in total. The third-order valence-electron chi connectivity index (χ3n) is 11.3. The van der Waals surface area contributed by atoms with Crippen LogP contribution in [0.1, 0.15) is 0 Å². The van der Waals surface area contributed by atoms with Gasteiger partial charge in [0.15, 0.2) is 17.5 Å². The molecule has 0 saturated carbocycles. The van der Waals surface area contributed by atoms with Crippen LogP contribution in [0.15, 0.2) is 187 Å². The van der Waals surface area contributed by atoms with Gasteiger partial charge in [0.2, 0.25) is 0 Å². The summed E-state index contributed by atoms with van der Waals surface area (Å²) in [5.74, 6) is 1.87. The van der Waals surface area contributed by atoms with E-state index < -0.39 is 0 Å². The predicted molar refractivity (Wildman–Crippen MR) is 232 cm³/mol. The van der Waals surface area contributed by atoms with E-state index in [1.54, 1.807) is 0 Å². The second-order valence-corrected chi connectivity index (χ2v) is 14.6. The Morgan fingerprint density at radius 1 is 0.316 bits per heavy atom. The minimum atomic E-state index is 0.618. The van der Waals surface area contributed by atoms with Gasteiger partial charge in [-0.15, -0.1) is 0 Å². The first kappa shape index (κ1) is 31.6. The van der Waals surface area contributed by atoms with Crippen LogP contribution in [0.25, 0.3) is 122 Å². The maximum absolute atomic E-state index is 6.28. The van der Waals surface area contributed by atoms with Crippen molar-refractivity contribution in [3.8, 4) is 78.7 Å². The highest BCUT2D eigenvalue weighted by Crippen LogP contribution is 2.48. The number of pyridine rings is 1. The Labute approximate surface area is 327 Å². The second kappa shape index (κ2) is 12.4. The van der Waals surface area contributed by atoms with Gasteiger partial charge in [0.25, 0.3) is 0 Å². The van der Waals surface area contributed by atoms with Crippen LogP contribution in [0.3, 0.4) is 0 Å². The molecule has 3 aromatic heterocycles. The van der Waals surface area contributed by atoms with E-state index in [0.29, 0.717) is 17.5 Å². The molecule has 3 heterocycles. The zero-order valence-corrected chi connectivity index (χ0v) is 30.5. The first-order chi connectivity index (χ1) is 28.2. The van der Waals surface area contributed by atoms with Crippen molar-refractivity contribution in [1.29, 1.82) is 0 Å². The number of aromatic nitrogens is 4. The average molecular weight is 727 g/mol. The first-order valence-electron chi connectivity index (χ1n) is 19.1. The van der Waals surface area contributed by atoms with E-state index in [4.69, 9.17) is 19.4 Å². The van der Waals surface area contributed by atoms with Gasteiger partial charge in [-0.3, -0.25) is 4.98 Å². The van der Waals surface area contributed by atoms with Gasteiger partial charge in [0, 0.05) is 39.0 Å². The van der Waals surface area contributed by atoms with Gasteiger partial charge in [0.1, 0.15) is 11.2 Å². The van der Waals surface area contributed by atoms with E-state index in [1.165, 1.54) is 27.6 Å². The zero-order valence-electron chi connectivity index (χ0n) is 30.5. The van der Waals surface area contributed by atoms with Gasteiger partial charge in [0.05, 0.1) is 5.52 Å². The van der Waals surface area contributed by atoms with Crippen LogP contribution < -0.4 is 0 Å². The molecule has 0 saturated heterocycles. The van der Waals surface area contributed by atoms with Crippen molar-refractivity contribution in [3.05, 3.63) is 182 Å². The largest absolute Gasteiger partial charge is 0.456 e. The van der Waals surface area contributed by atoms with Crippen LogP contribution in [-0.4, -0.2) is 19.9 Å². The molecule has 8 aromatic carbocycles. The Morgan fingerprint density at radius 3 is 1.81 bits per heavy atom. The summed E-state index contributed by atoms with van der Waals surface area (Å²) < 4.78 is 6.28. The number of benzene rings is 8. The molecule has 5 nitrogen and oxygen atoms in total. The molecular formula is C52H30N4O. The molecule has 12 rings (SSSR count). The summed E-state index contributed by atoms with van der Waals surface area (Å²) in [7, 11) is 0. The molecule has 11 aromatic rings. The van der Waals surface area contributed by atoms with Crippen molar-refractivity contribution in [3.63, 3.8) is 0 Å². The van der Waals surface area contributed by atoms with Gasteiger partial charge in [-0.2, -0.15) is 0 Å². The molecule has 0 bridgehead atoms. The molecule has 0 amide bonds. The number of fused-ring (bicyclic) bond motifs is 7. The number of hydrogen-bond donors (Lipinski definition) is 0. The molecule has 1 aliphatic rings. The lowest BCUT2D eigenvalue weighted by atomic mass is 9.93. The van der Waals surface area contributed by atoms with E-state index in [2.05, 4.69) is 145 Å². The normalized spacial score (nSPS) is 11.9. The quantitative estimate of drug-likeness (QED) is 0.177. The highest BCUT2D eigenvalue weighted by Gasteiger charge is 2.23. The van der Waals surface area contributed by atoms with Crippen molar-refractivity contribution in [2.24, 2.45) is 0 Å². The van der Waals surface area contributed by atoms with E-state index in [9.17, 15) is 0 Å². The number of rotatable bonds is 5. The van der Waals surface area contributed by atoms with Gasteiger partial charge in [-0.05, 0) is 91.7 Å². The molecule has 0 unspecified atom stereocenters. The summed E-state index contributed by atoms with van der Waals surface area (Å²) in [5, 5.41) is 5.62. The average Bonchev–Trinajstić information content (AvgIpc) is 3.83. The fraction of sp³-hybridized carbons (Fsp3) is 0. The monoisotopic (exact) mass is 726 g/mol. The van der Waals surface area contributed by atoms with Crippen LogP contribution in [0.5, 0.6) is 0 Å². The lowest BCUT2D eigenvalue weighted by Gasteiger charge is -2.13. The minimum absolute atomic E-state index is 0.618. The Morgan fingerprint density at radius 2 is 0.912 bits per heavy atom. The number of furan rings is 1. The first-order valence-corrected chi connectivity index (χ1v) is 19.1. The van der Waals surface area contributed by atoms with Crippen molar-refractivity contribution in [2.45, 2.75) is 0 Å². The highest BCUT2D eigenvalue weighted by atomic mass is 16.3. The number of hydrogen-bond acceptors (Lipinski definition) is 5. The molecule has 0 aliphatic heterocycles. The Balaban J connectivity index is 1.01. The topological polar surface area (TPSA) is 64.7 Å². The van der Waals surface area contributed by atoms with Crippen molar-refractivity contribution >= 4 is 43.6 Å². The molecule has 264 valence electrons. The van der Waals surface area contributed by atoms with Crippen LogP contribution in [0.2, 0.25) is 0 Å². The highest BCUT2D eigenvalue weighted by molar-refractivity contribution is 6.17. The summed E-state index contributed by atoms with van der Waals surface area (Å²) in [5.41, 5.74) is 15.0. The fourth-order valence-corrected chi connectivity index (χ4v) is 8.76. The molecule has 0 fully saturated rings. The van der Waals surface area contributed by atoms with Crippen LogP contribution in [-0.2, 0) is 0 Å². The van der Waals surface area contributed by atoms with E-state index >= 15 is 0 Å². The summed E-state index contributed by atoms with van der Waals surface area (Å²) in [6.45, 7) is 0. The van der Waals surface area contributed by atoms with Gasteiger partial charge in [-0.25, -0.2) is 15.0 Å². The smallest absolute Gasteiger partial charge is 0.164 e. The predicted octanol–water partition coefficient (Wildman–Crippen LogP) is 13.5. The fourth-order valence-electron chi connectivity index (χ4n) is 8.76. The lowest BCUT2D eigenvalue weighted by molar-refractivity contribution is 0.669. The molecule has 5 heteroatoms. The van der Waals surface area contributed by atoms with Crippen molar-refractivity contribution < 1.29 is 4.42 Å². The van der Waals surface area contributed by atoms with E-state index in [1.807, 2.05) is 42.6 Å². The Hall–Kier alpha value is -7.76. The molecular weight excluding hydrogens is 697 g/mol. The Bertz CT molecular complexity index is 3420. The van der Waals surface area contributed by atoms with Crippen LogP contribution >= 0.6 is 0 Å². The standard InChI is InChI=1S/C52H30N4O/c1-2-11-31(12-3-1)50-54-51(34-14-6-13-32(29-34)33-25-26-38-39-19-9-22-45-48(39)41(27-28-53-45)44(38)30-33)56-52(55-50)42-21-8-16-35-36(17-7-18-37(35)42)40-20-10-24-47-49(40)43-15-4-5-23-46(43)57-47/h1-30H. The van der Waals surface area contributed by atoms with E-state index in [0.717, 1.165) is 77.2 Å². The summed E-state index contributed by atoms with van der Waals surface area (Å²) in [6.07, 6.45) is 1.91. The van der Waals surface area contributed by atoms with Gasteiger partial charge in [-0.1, -0.05) is 140 Å². The number of nitrogens with zero attached hydrogens (tertiary/aromatic N) is 4. The minimum Gasteiger partial charge on any atom is -0.456 e. The van der Waals surface area contributed by atoms with Crippen LogP contribution in [0.4, 0.5) is 0 Å². The van der Waals surface area contributed by atoms with Gasteiger partial charge < -0.3 is 4.42 Å². The van der Waals surface area contributed by atoms with Crippen LogP contribution in [0, 0.1) is 0 Å². The molecule has 57 heavy (non-hydrogen) atoms. The molecule has 0 atom stereocenters. The SMILES string of the molecule is c1ccc(-c2nc(-c3cccc(-c4ccc5c(c4)-c4ccnc6cccc-5c46)c3)nc(-c3cccc4c(-c5cccc6oc7ccccc7c56)cccc34)n2)cc1. The summed E-state index contributed by atoms with van der Waals surface area (Å²) >= 11 is 0. The Kier molecular flexibility index (Phi) is 6.86. The third-order valence-corrected chi connectivity index (χ3v) is 11.3. The van der Waals surface area contributed by atoms with Gasteiger partial charge >= 0.3 is 0 Å². The summed E-state index contributed by atoms with van der Waals surface area (Å²) in [6, 6.07) is 61.4. The van der Waals surface area contributed by atoms with Crippen molar-refractivity contribution in [2.75, 3.05) is 0 Å². The maximum atomic E-state index is 6.28. The molecule has 1 aliphatic carbocycles. The molecule has 0 radical (unpaired) electrons. The van der Waals surface area contributed by atoms with E-state index in [-0.39, 0.29) is 0 Å². The third kappa shape index (κ3) is 4.96. The zero-order chi connectivity index (χ0) is 37.5. The second-order valence-electron chi connectivity index (χ2n) is 14.6. The number of para-hydroxylation sites is 1. The summed E-state index contributed by atoms with van der Waals surface area (Å²) in [4.78, 5) is 20.1. The lowest BCUT2D eigenvalue weighted by Crippen LogP contribution is -2.00.